The third-order valence-electron chi connectivity index (χ3n) is 6.96. The van der Waals surface area contributed by atoms with Gasteiger partial charge in [-0.2, -0.15) is 0 Å². The van der Waals surface area contributed by atoms with Crippen LogP contribution in [0, 0.1) is 0 Å². The van der Waals surface area contributed by atoms with Crippen LogP contribution >= 0.6 is 0 Å². The number of anilines is 1. The minimum atomic E-state index is -0.360. The Kier molecular flexibility index (Phi) is 12.2. The molecule has 0 spiro atoms. The molecule has 0 aliphatic carbocycles. The van der Waals surface area contributed by atoms with E-state index in [0.717, 1.165) is 48.5 Å². The predicted octanol–water partition coefficient (Wildman–Crippen LogP) is 4.50. The van der Waals surface area contributed by atoms with Crippen LogP contribution in [0.3, 0.4) is 0 Å². The van der Waals surface area contributed by atoms with Gasteiger partial charge in [0.15, 0.2) is 11.6 Å². The highest BCUT2D eigenvalue weighted by Crippen LogP contribution is 2.21. The van der Waals surface area contributed by atoms with Crippen molar-refractivity contribution < 1.29 is 23.8 Å². The van der Waals surface area contributed by atoms with E-state index in [4.69, 9.17) is 9.47 Å². The summed E-state index contributed by atoms with van der Waals surface area (Å²) >= 11 is 0. The van der Waals surface area contributed by atoms with Crippen LogP contribution in [0.4, 0.5) is 5.69 Å². The first-order valence-electron chi connectivity index (χ1n) is 14.6. The first kappa shape index (κ1) is 32.1. The highest BCUT2D eigenvalue weighted by atomic mass is 16.6. The highest BCUT2D eigenvalue weighted by molar-refractivity contribution is 5.95. The lowest BCUT2D eigenvalue weighted by Gasteiger charge is -2.16. The molecule has 232 valence electrons. The molecule has 2 N–H and O–H groups in total. The molecule has 12 heteroatoms. The third-order valence-corrected chi connectivity index (χ3v) is 6.96. The Hall–Kier alpha value is -4.84. The van der Waals surface area contributed by atoms with Gasteiger partial charge in [0.05, 0.1) is 26.3 Å². The summed E-state index contributed by atoms with van der Waals surface area (Å²) in [5, 5.41) is 14.9. The van der Waals surface area contributed by atoms with E-state index in [-0.39, 0.29) is 24.5 Å². The molecule has 0 saturated carbocycles. The summed E-state index contributed by atoms with van der Waals surface area (Å²) < 4.78 is 17.6. The summed E-state index contributed by atoms with van der Waals surface area (Å²) in [6.45, 7) is 3.51. The molecule has 4 aromatic rings. The van der Waals surface area contributed by atoms with Crippen molar-refractivity contribution in [1.82, 2.24) is 30.0 Å². The second kappa shape index (κ2) is 16.7. The van der Waals surface area contributed by atoms with Gasteiger partial charge in [0, 0.05) is 31.1 Å². The summed E-state index contributed by atoms with van der Waals surface area (Å²) in [5.74, 6) is 1.61. The van der Waals surface area contributed by atoms with Gasteiger partial charge >= 0.3 is 5.97 Å². The topological polar surface area (TPSA) is 142 Å². The molecule has 0 fully saturated rings. The lowest BCUT2D eigenvalue weighted by Crippen LogP contribution is -2.26. The van der Waals surface area contributed by atoms with E-state index >= 15 is 0 Å². The molecule has 1 amide bonds. The Morgan fingerprint density at radius 2 is 1.80 bits per heavy atom. The molecule has 0 aliphatic rings. The first-order chi connectivity index (χ1) is 21.4. The lowest BCUT2D eigenvalue weighted by atomic mass is 10.1. The summed E-state index contributed by atoms with van der Waals surface area (Å²) in [7, 11) is 3.23. The van der Waals surface area contributed by atoms with Crippen molar-refractivity contribution in [3.05, 3.63) is 84.1 Å². The monoisotopic (exact) mass is 601 g/mol. The van der Waals surface area contributed by atoms with Crippen LogP contribution in [0.25, 0.3) is 11.5 Å². The molecule has 2 aromatic carbocycles. The summed E-state index contributed by atoms with van der Waals surface area (Å²) in [6.07, 6.45) is 6.94. The van der Waals surface area contributed by atoms with Crippen LogP contribution in [0.1, 0.15) is 60.4 Å². The van der Waals surface area contributed by atoms with Gasteiger partial charge in [0.25, 0.3) is 5.91 Å². The van der Waals surface area contributed by atoms with Gasteiger partial charge in [-0.05, 0) is 68.1 Å². The number of nitrogens with one attached hydrogen (secondary N) is 2. The number of ether oxygens (including phenoxy) is 3. The maximum atomic E-state index is 13.1. The zero-order chi connectivity index (χ0) is 31.1. The van der Waals surface area contributed by atoms with Crippen LogP contribution in [-0.4, -0.2) is 63.5 Å². The molecule has 4 rings (SSSR count). The average molecular weight is 602 g/mol. The van der Waals surface area contributed by atoms with Gasteiger partial charge < -0.3 is 29.4 Å². The number of nitrogens with zero attached hydrogens (tertiary/aromatic N) is 5. The summed E-state index contributed by atoms with van der Waals surface area (Å²) in [6, 6.07) is 16.7. The standard InChI is InChI=1S/C32H39N7O5/c1-23(24-10-9-13-27(19-24)44-17-7-5-4-6-16-43-21-30(40)42-3)36-32(41)25-11-8-12-26(18-25)34-20-29-37-38-31(39(29)2)28-14-15-33-22-35-28/h8-15,18-19,22-23,34H,4-7,16-17,20-21H2,1-3H3,(H,36,41). The third kappa shape index (κ3) is 9.60. The SMILES string of the molecule is COC(=O)COCCCCCCOc1cccc(C(C)NC(=O)c2cccc(NCc3nnc(-c4ccncn4)n3C)c2)c1. The average Bonchev–Trinajstić information content (AvgIpc) is 3.43. The van der Waals surface area contributed by atoms with Gasteiger partial charge in [0.2, 0.25) is 0 Å². The molecule has 0 saturated heterocycles. The molecular formula is C32H39N7O5. The number of unbranched alkanes of at least 4 members (excludes halogenated alkanes) is 3. The largest absolute Gasteiger partial charge is 0.494 e. The van der Waals surface area contributed by atoms with Crippen molar-refractivity contribution in [3.8, 4) is 17.3 Å². The number of rotatable bonds is 17. The Balaban J connectivity index is 1.21. The zero-order valence-corrected chi connectivity index (χ0v) is 25.4. The number of carbonyl (C=O) groups excluding carboxylic acids is 2. The Bertz CT molecular complexity index is 1500. The Labute approximate surface area is 257 Å². The maximum absolute atomic E-state index is 13.1. The fraction of sp³-hybridized carbons (Fsp3) is 0.375. The van der Waals surface area contributed by atoms with Crippen molar-refractivity contribution in [2.75, 3.05) is 32.2 Å². The van der Waals surface area contributed by atoms with Gasteiger partial charge in [-0.25, -0.2) is 14.8 Å². The second-order valence-corrected chi connectivity index (χ2v) is 10.2. The van der Waals surface area contributed by atoms with Crippen molar-refractivity contribution >= 4 is 17.6 Å². The highest BCUT2D eigenvalue weighted by Gasteiger charge is 2.14. The van der Waals surface area contributed by atoms with Gasteiger partial charge in [-0.3, -0.25) is 4.79 Å². The van der Waals surface area contributed by atoms with Crippen molar-refractivity contribution in [2.24, 2.45) is 7.05 Å². The lowest BCUT2D eigenvalue weighted by molar-refractivity contribution is -0.145. The summed E-state index contributed by atoms with van der Waals surface area (Å²) in [5.41, 5.74) is 2.99. The van der Waals surface area contributed by atoms with Crippen LogP contribution in [0.5, 0.6) is 5.75 Å². The molecule has 1 atom stereocenters. The smallest absolute Gasteiger partial charge is 0.331 e. The van der Waals surface area contributed by atoms with Gasteiger partial charge in [-0.15, -0.1) is 10.2 Å². The molecule has 0 aliphatic heterocycles. The number of hydrogen-bond donors (Lipinski definition) is 2. The normalized spacial score (nSPS) is 11.5. The van der Waals surface area contributed by atoms with E-state index in [2.05, 4.69) is 35.5 Å². The molecule has 0 radical (unpaired) electrons. The summed E-state index contributed by atoms with van der Waals surface area (Å²) in [4.78, 5) is 32.3. The number of hydrogen-bond acceptors (Lipinski definition) is 10. The fourth-order valence-corrected chi connectivity index (χ4v) is 4.41. The van der Waals surface area contributed by atoms with E-state index in [1.54, 1.807) is 18.3 Å². The fourth-order valence-electron chi connectivity index (χ4n) is 4.41. The van der Waals surface area contributed by atoms with Gasteiger partial charge in [-0.1, -0.05) is 24.6 Å². The molecule has 1 unspecified atom stereocenters. The number of methoxy groups -OCH3 is 1. The maximum Gasteiger partial charge on any atom is 0.331 e. The first-order valence-corrected chi connectivity index (χ1v) is 14.6. The molecule has 2 aromatic heterocycles. The minimum Gasteiger partial charge on any atom is -0.494 e. The minimum absolute atomic E-state index is 0.00331. The molecular weight excluding hydrogens is 562 g/mol. The van der Waals surface area contributed by atoms with Crippen LogP contribution in [-0.2, 0) is 27.9 Å². The molecule has 0 bridgehead atoms. The number of amides is 1. The molecule has 12 nitrogen and oxygen atoms in total. The number of benzene rings is 2. The van der Waals surface area contributed by atoms with Crippen LogP contribution in [0.2, 0.25) is 0 Å². The Morgan fingerprint density at radius 3 is 2.59 bits per heavy atom. The molecule has 44 heavy (non-hydrogen) atoms. The van der Waals surface area contributed by atoms with Gasteiger partial charge in [0.1, 0.15) is 24.4 Å². The van der Waals surface area contributed by atoms with E-state index in [1.807, 2.05) is 61.0 Å². The van der Waals surface area contributed by atoms with Crippen LogP contribution < -0.4 is 15.4 Å². The second-order valence-electron chi connectivity index (χ2n) is 10.2. The quantitative estimate of drug-likeness (QED) is 0.131. The zero-order valence-electron chi connectivity index (χ0n) is 25.4. The van der Waals surface area contributed by atoms with Crippen molar-refractivity contribution in [1.29, 1.82) is 0 Å². The predicted molar refractivity (Wildman–Crippen MR) is 165 cm³/mol. The number of esters is 1. The number of carbonyl (C=O) groups is 2. The molecule has 2 heterocycles. The van der Waals surface area contributed by atoms with Crippen molar-refractivity contribution in [2.45, 2.75) is 45.2 Å². The van der Waals surface area contributed by atoms with E-state index in [0.29, 0.717) is 36.8 Å². The number of aromatic nitrogens is 5. The van der Waals surface area contributed by atoms with E-state index < -0.39 is 0 Å². The van der Waals surface area contributed by atoms with E-state index in [9.17, 15) is 9.59 Å². The Morgan fingerprint density at radius 1 is 0.977 bits per heavy atom. The van der Waals surface area contributed by atoms with E-state index in [1.165, 1.54) is 13.4 Å². The van der Waals surface area contributed by atoms with Crippen molar-refractivity contribution in [3.63, 3.8) is 0 Å². The van der Waals surface area contributed by atoms with Crippen LogP contribution in [0.15, 0.2) is 67.1 Å².